The zero-order chi connectivity index (χ0) is 25.3. The molecule has 1 aliphatic rings. The number of aromatic nitrogens is 1. The summed E-state index contributed by atoms with van der Waals surface area (Å²) in [5.41, 5.74) is 5.37. The van der Waals surface area contributed by atoms with Gasteiger partial charge in [-0.05, 0) is 72.9 Å². The predicted octanol–water partition coefficient (Wildman–Crippen LogP) is 5.72. The number of nitrogens with one attached hydrogen (secondary N) is 1. The van der Waals surface area contributed by atoms with Gasteiger partial charge in [-0.25, -0.2) is 0 Å². The van der Waals surface area contributed by atoms with Gasteiger partial charge < -0.3 is 28.9 Å². The number of likely N-dealkylation sites (N-methyl/N-ethyl adjacent to an activating group) is 1. The summed E-state index contributed by atoms with van der Waals surface area (Å²) in [4.78, 5) is 11.7. The Morgan fingerprint density at radius 2 is 1.78 bits per heavy atom. The summed E-state index contributed by atoms with van der Waals surface area (Å²) in [6.45, 7) is 5.44. The van der Waals surface area contributed by atoms with Crippen LogP contribution in [0.4, 0.5) is 0 Å². The van der Waals surface area contributed by atoms with E-state index >= 15 is 0 Å². The SMILES string of the molecule is C#CC(I)(ON=C1c2cc(OC)c(OC)cc2-c2[nH]c3ccc(OCCN(C)C)cc3c21)C(C)C.Cl. The average Bonchev–Trinajstić information content (AvgIpc) is 3.35. The van der Waals surface area contributed by atoms with Gasteiger partial charge in [0.05, 0.1) is 19.9 Å². The molecule has 0 fully saturated rings. The van der Waals surface area contributed by atoms with Gasteiger partial charge in [-0.15, -0.1) is 18.8 Å². The van der Waals surface area contributed by atoms with Crippen molar-refractivity contribution in [2.45, 2.75) is 17.5 Å². The molecule has 0 bridgehead atoms. The highest BCUT2D eigenvalue weighted by Crippen LogP contribution is 2.46. The van der Waals surface area contributed by atoms with Crippen LogP contribution in [0.15, 0.2) is 35.5 Å². The molecule has 1 aromatic heterocycles. The standard InChI is InChI=1S/C27H30IN3O4.ClH/c1-8-27(28,16(2)3)35-30-26-19-15-23(33-7)22(32-6)14-18(19)25-24(26)20-13-17(9-10-21(20)29-25)34-12-11-31(4)5;/h1,9-10,13-16,29H,11-12H2,2-7H3;1H. The smallest absolute Gasteiger partial charge is 0.248 e. The second-order valence-corrected chi connectivity index (χ2v) is 10.6. The summed E-state index contributed by atoms with van der Waals surface area (Å²) in [5, 5.41) is 5.63. The molecule has 1 aliphatic carbocycles. The quantitative estimate of drug-likeness (QED) is 0.112. The van der Waals surface area contributed by atoms with Crippen LogP contribution in [-0.2, 0) is 4.84 Å². The molecule has 3 aromatic rings. The molecule has 0 amide bonds. The molecule has 0 spiro atoms. The molecular weight excluding hydrogens is 593 g/mol. The topological polar surface area (TPSA) is 68.3 Å². The minimum absolute atomic E-state index is 0. The third-order valence-electron chi connectivity index (χ3n) is 6.07. The van der Waals surface area contributed by atoms with Crippen molar-refractivity contribution in [2.24, 2.45) is 11.1 Å². The number of aromatic amines is 1. The number of terminal acetylenes is 1. The van der Waals surface area contributed by atoms with E-state index in [1.807, 2.05) is 58.3 Å². The largest absolute Gasteiger partial charge is 0.493 e. The van der Waals surface area contributed by atoms with Gasteiger partial charge in [-0.2, -0.15) is 0 Å². The number of methoxy groups -OCH3 is 2. The Morgan fingerprint density at radius 1 is 1.11 bits per heavy atom. The fraction of sp³-hybridized carbons (Fsp3) is 0.370. The Kier molecular flexibility index (Phi) is 8.70. The molecule has 1 unspecified atom stereocenters. The van der Waals surface area contributed by atoms with Gasteiger partial charge in [0.15, 0.2) is 11.5 Å². The van der Waals surface area contributed by atoms with Crippen molar-refractivity contribution in [1.29, 1.82) is 0 Å². The van der Waals surface area contributed by atoms with Gasteiger partial charge in [0.25, 0.3) is 0 Å². The molecule has 0 saturated heterocycles. The number of ether oxygens (including phenoxy) is 3. The molecule has 1 atom stereocenters. The fourth-order valence-corrected chi connectivity index (χ4v) is 4.08. The number of oxime groups is 1. The molecule has 0 aliphatic heterocycles. The lowest BCUT2D eigenvalue weighted by molar-refractivity contribution is 0.0544. The minimum Gasteiger partial charge on any atom is -0.493 e. The van der Waals surface area contributed by atoms with Crippen LogP contribution in [-0.4, -0.2) is 60.7 Å². The highest BCUT2D eigenvalue weighted by molar-refractivity contribution is 14.1. The van der Waals surface area contributed by atoms with Gasteiger partial charge in [-0.3, -0.25) is 0 Å². The Morgan fingerprint density at radius 3 is 2.36 bits per heavy atom. The Labute approximate surface area is 232 Å². The first kappa shape index (κ1) is 28.0. The number of hydrogen-bond acceptors (Lipinski definition) is 6. The second kappa shape index (κ2) is 11.2. The molecule has 7 nitrogen and oxygen atoms in total. The lowest BCUT2D eigenvalue weighted by Crippen LogP contribution is -2.27. The van der Waals surface area contributed by atoms with Crippen molar-refractivity contribution < 1.29 is 19.0 Å². The molecule has 0 saturated carbocycles. The number of benzene rings is 2. The van der Waals surface area contributed by atoms with Crippen LogP contribution in [0.2, 0.25) is 0 Å². The summed E-state index contributed by atoms with van der Waals surface area (Å²) >= 11 is 2.14. The van der Waals surface area contributed by atoms with Crippen LogP contribution in [0.3, 0.4) is 0 Å². The average molecular weight is 624 g/mol. The van der Waals surface area contributed by atoms with Gasteiger partial charge >= 0.3 is 0 Å². The van der Waals surface area contributed by atoms with E-state index in [4.69, 9.17) is 25.5 Å². The Bertz CT molecular complexity index is 1330. The summed E-state index contributed by atoms with van der Waals surface area (Å²) < 4.78 is 16.3. The van der Waals surface area contributed by atoms with E-state index < -0.39 is 3.61 Å². The van der Waals surface area contributed by atoms with Crippen LogP contribution >= 0.6 is 35.0 Å². The third-order valence-corrected chi connectivity index (χ3v) is 7.83. The highest BCUT2D eigenvalue weighted by Gasteiger charge is 2.35. The number of alkyl halides is 1. The van der Waals surface area contributed by atoms with Crippen LogP contribution < -0.4 is 14.2 Å². The summed E-state index contributed by atoms with van der Waals surface area (Å²) in [5.74, 6) is 4.85. The lowest BCUT2D eigenvalue weighted by atomic mass is 10.1. The number of rotatable bonds is 9. The van der Waals surface area contributed by atoms with E-state index in [-0.39, 0.29) is 18.3 Å². The van der Waals surface area contributed by atoms with E-state index in [0.29, 0.717) is 23.8 Å². The highest BCUT2D eigenvalue weighted by atomic mass is 127. The van der Waals surface area contributed by atoms with Crippen molar-refractivity contribution in [1.82, 2.24) is 9.88 Å². The zero-order valence-electron chi connectivity index (χ0n) is 21.3. The van der Waals surface area contributed by atoms with Crippen molar-refractivity contribution in [3.05, 3.63) is 41.5 Å². The van der Waals surface area contributed by atoms with Gasteiger partial charge in [0.2, 0.25) is 3.61 Å². The second-order valence-electron chi connectivity index (χ2n) is 8.96. The third kappa shape index (κ3) is 5.10. The number of hydrogen-bond donors (Lipinski definition) is 1. The molecule has 192 valence electrons. The first-order chi connectivity index (χ1) is 16.7. The van der Waals surface area contributed by atoms with E-state index in [2.05, 4.69) is 43.6 Å². The van der Waals surface area contributed by atoms with E-state index in [1.165, 1.54) is 0 Å². The predicted molar refractivity (Wildman–Crippen MR) is 155 cm³/mol. The van der Waals surface area contributed by atoms with E-state index in [0.717, 1.165) is 45.6 Å². The zero-order valence-corrected chi connectivity index (χ0v) is 24.2. The lowest BCUT2D eigenvalue weighted by Gasteiger charge is -2.23. The molecular formula is C27H31ClIN3O4. The van der Waals surface area contributed by atoms with Crippen molar-refractivity contribution in [3.8, 4) is 40.8 Å². The van der Waals surface area contributed by atoms with Crippen molar-refractivity contribution >= 4 is 51.6 Å². The molecule has 0 radical (unpaired) electrons. The first-order valence-electron chi connectivity index (χ1n) is 11.4. The maximum Gasteiger partial charge on any atom is 0.248 e. The van der Waals surface area contributed by atoms with Gasteiger partial charge in [-0.1, -0.05) is 19.0 Å². The maximum absolute atomic E-state index is 6.02. The Balaban J connectivity index is 0.00000361. The van der Waals surface area contributed by atoms with Crippen LogP contribution in [0.5, 0.6) is 17.2 Å². The van der Waals surface area contributed by atoms with Crippen molar-refractivity contribution in [2.75, 3.05) is 41.5 Å². The van der Waals surface area contributed by atoms with Crippen LogP contribution in [0, 0.1) is 18.3 Å². The number of fused-ring (bicyclic) bond motifs is 5. The Hall–Kier alpha value is -2.61. The summed E-state index contributed by atoms with van der Waals surface area (Å²) in [7, 11) is 7.29. The maximum atomic E-state index is 6.02. The number of halogens is 2. The monoisotopic (exact) mass is 623 g/mol. The molecule has 1 N–H and O–H groups in total. The van der Waals surface area contributed by atoms with Crippen LogP contribution in [0.25, 0.3) is 22.2 Å². The van der Waals surface area contributed by atoms with Gasteiger partial charge in [0.1, 0.15) is 18.1 Å². The first-order valence-corrected chi connectivity index (χ1v) is 12.4. The van der Waals surface area contributed by atoms with E-state index in [1.54, 1.807) is 14.2 Å². The summed E-state index contributed by atoms with van der Waals surface area (Å²) in [6.07, 6.45) is 5.81. The fourth-order valence-electron chi connectivity index (χ4n) is 3.98. The molecule has 1 heterocycles. The summed E-state index contributed by atoms with van der Waals surface area (Å²) in [6, 6.07) is 9.92. The van der Waals surface area contributed by atoms with Crippen molar-refractivity contribution in [3.63, 3.8) is 0 Å². The van der Waals surface area contributed by atoms with Crippen LogP contribution in [0.1, 0.15) is 25.0 Å². The van der Waals surface area contributed by atoms with E-state index in [9.17, 15) is 0 Å². The molecule has 4 rings (SSSR count). The van der Waals surface area contributed by atoms with Gasteiger partial charge in [0, 0.05) is 40.1 Å². The molecule has 9 heteroatoms. The number of H-pyrrole nitrogens is 1. The normalized spacial score (nSPS) is 14.7. The minimum atomic E-state index is -0.878. The number of nitrogens with zero attached hydrogens (tertiary/aromatic N) is 2. The molecule has 36 heavy (non-hydrogen) atoms. The molecule has 2 aromatic carbocycles.